The maximum Gasteiger partial charge on any atom is 0.243 e. The first kappa shape index (κ1) is 23.8. The fraction of sp³-hybridized carbons (Fsp3) is 0.409. The highest BCUT2D eigenvalue weighted by molar-refractivity contribution is 7.89. The lowest BCUT2D eigenvalue weighted by Crippen LogP contribution is -2.31. The zero-order chi connectivity index (χ0) is 22.3. The predicted molar refractivity (Wildman–Crippen MR) is 119 cm³/mol. The molecule has 2 aromatic rings. The van der Waals surface area contributed by atoms with Gasteiger partial charge in [-0.2, -0.15) is 4.31 Å². The molecule has 0 fully saturated rings. The van der Waals surface area contributed by atoms with Crippen LogP contribution in [0.5, 0.6) is 0 Å². The Morgan fingerprint density at radius 3 is 2.17 bits per heavy atom. The number of halogens is 1. The minimum absolute atomic E-state index is 0.114. The van der Waals surface area contributed by atoms with Crippen LogP contribution in [0.1, 0.15) is 33.3 Å². The second-order valence-electron chi connectivity index (χ2n) is 6.76. The van der Waals surface area contributed by atoms with Gasteiger partial charge < -0.3 is 10.2 Å². The van der Waals surface area contributed by atoms with Crippen molar-refractivity contribution in [2.24, 2.45) is 0 Å². The number of nitrogens with zero attached hydrogens (tertiary/aromatic N) is 2. The minimum atomic E-state index is -3.68. The fourth-order valence-electron chi connectivity index (χ4n) is 3.34. The van der Waals surface area contributed by atoms with Gasteiger partial charge in [-0.1, -0.05) is 32.0 Å². The summed E-state index contributed by atoms with van der Waals surface area (Å²) >= 11 is 0. The van der Waals surface area contributed by atoms with E-state index in [1.165, 1.54) is 16.4 Å². The van der Waals surface area contributed by atoms with E-state index in [4.69, 9.17) is 0 Å². The van der Waals surface area contributed by atoms with Crippen LogP contribution < -0.4 is 10.2 Å². The van der Waals surface area contributed by atoms with E-state index >= 15 is 0 Å². The van der Waals surface area contributed by atoms with Crippen LogP contribution in [0, 0.1) is 5.82 Å². The van der Waals surface area contributed by atoms with Crippen molar-refractivity contribution in [3.63, 3.8) is 0 Å². The van der Waals surface area contributed by atoms with Gasteiger partial charge in [0.25, 0.3) is 0 Å². The summed E-state index contributed by atoms with van der Waals surface area (Å²) in [4.78, 5) is 14.8. The number of anilines is 2. The summed E-state index contributed by atoms with van der Waals surface area (Å²) in [5.41, 5.74) is 1.40. The summed E-state index contributed by atoms with van der Waals surface area (Å²) in [6.45, 7) is 9.61. The number of carbonyl (C=O) groups excluding carboxylic acids is 1. The minimum Gasteiger partial charge on any atom is -0.370 e. The third-order valence-corrected chi connectivity index (χ3v) is 7.04. The van der Waals surface area contributed by atoms with E-state index < -0.39 is 21.7 Å². The normalized spacial score (nSPS) is 11.5. The number of carbonyl (C=O) groups is 1. The van der Waals surface area contributed by atoms with Crippen LogP contribution in [-0.4, -0.2) is 44.8 Å². The van der Waals surface area contributed by atoms with Gasteiger partial charge in [-0.15, -0.1) is 0 Å². The lowest BCUT2D eigenvalue weighted by molar-refractivity contribution is -0.115. The van der Waals surface area contributed by atoms with Gasteiger partial charge in [-0.25, -0.2) is 12.8 Å². The molecule has 0 saturated heterocycles. The summed E-state index contributed by atoms with van der Waals surface area (Å²) in [7, 11) is -3.68. The Balaban J connectivity index is 2.43. The SMILES string of the molecule is CCN(CC)c1ccc(S(=O)(=O)N(CC)CC)cc1NC(=O)Cc1ccccc1F. The summed E-state index contributed by atoms with van der Waals surface area (Å²) in [5, 5.41) is 2.79. The monoisotopic (exact) mass is 435 g/mol. The lowest BCUT2D eigenvalue weighted by Gasteiger charge is -2.26. The summed E-state index contributed by atoms with van der Waals surface area (Å²) in [5.74, 6) is -0.861. The highest BCUT2D eigenvalue weighted by atomic mass is 32.2. The molecule has 0 aliphatic rings. The van der Waals surface area contributed by atoms with Crippen LogP contribution in [0.4, 0.5) is 15.8 Å². The highest BCUT2D eigenvalue weighted by Gasteiger charge is 2.24. The number of benzene rings is 2. The van der Waals surface area contributed by atoms with Crippen molar-refractivity contribution >= 4 is 27.3 Å². The van der Waals surface area contributed by atoms with E-state index in [0.29, 0.717) is 31.9 Å². The van der Waals surface area contributed by atoms with Crippen molar-refractivity contribution in [1.29, 1.82) is 0 Å². The van der Waals surface area contributed by atoms with Crippen molar-refractivity contribution in [1.82, 2.24) is 4.31 Å². The van der Waals surface area contributed by atoms with Gasteiger partial charge in [0, 0.05) is 26.2 Å². The number of hydrogen-bond acceptors (Lipinski definition) is 4. The molecule has 0 heterocycles. The van der Waals surface area contributed by atoms with Gasteiger partial charge >= 0.3 is 0 Å². The first-order chi connectivity index (χ1) is 14.3. The van der Waals surface area contributed by atoms with Crippen molar-refractivity contribution in [3.8, 4) is 0 Å². The van der Waals surface area contributed by atoms with E-state index in [9.17, 15) is 17.6 Å². The standard InChI is InChI=1S/C22H30FN3O3S/c1-5-25(6-2)21-14-13-18(30(28,29)26(7-3)8-4)16-20(21)24-22(27)15-17-11-9-10-12-19(17)23/h9-14,16H,5-8,15H2,1-4H3,(H,24,27). The number of hydrogen-bond donors (Lipinski definition) is 1. The topological polar surface area (TPSA) is 69.7 Å². The molecule has 1 amide bonds. The molecule has 8 heteroatoms. The number of rotatable bonds is 10. The molecular formula is C22H30FN3O3S. The van der Waals surface area contributed by atoms with Crippen LogP contribution in [0.3, 0.4) is 0 Å². The van der Waals surface area contributed by atoms with Crippen LogP contribution >= 0.6 is 0 Å². The van der Waals surface area contributed by atoms with E-state index in [2.05, 4.69) is 5.32 Å². The Morgan fingerprint density at radius 1 is 0.967 bits per heavy atom. The molecule has 0 aliphatic carbocycles. The maximum absolute atomic E-state index is 13.9. The van der Waals surface area contributed by atoms with Crippen molar-refractivity contribution in [2.75, 3.05) is 36.4 Å². The predicted octanol–water partition coefficient (Wildman–Crippen LogP) is 3.88. The van der Waals surface area contributed by atoms with Crippen molar-refractivity contribution in [3.05, 3.63) is 53.8 Å². The van der Waals surface area contributed by atoms with Gasteiger partial charge in [0.05, 0.1) is 22.7 Å². The van der Waals surface area contributed by atoms with E-state index in [0.717, 1.165) is 5.69 Å². The molecule has 0 atom stereocenters. The summed E-state index contributed by atoms with van der Waals surface area (Å²) < 4.78 is 41.2. The Bertz CT molecular complexity index is 971. The van der Waals surface area contributed by atoms with E-state index in [-0.39, 0.29) is 16.9 Å². The molecule has 0 bridgehead atoms. The summed E-state index contributed by atoms with van der Waals surface area (Å²) in [6, 6.07) is 10.9. The van der Waals surface area contributed by atoms with E-state index in [1.807, 2.05) is 18.7 Å². The second-order valence-corrected chi connectivity index (χ2v) is 8.69. The van der Waals surface area contributed by atoms with Gasteiger partial charge in [0.15, 0.2) is 0 Å². The quantitative estimate of drug-likeness (QED) is 0.615. The smallest absolute Gasteiger partial charge is 0.243 e. The van der Waals surface area contributed by atoms with Gasteiger partial charge in [-0.05, 0) is 43.7 Å². The van der Waals surface area contributed by atoms with E-state index in [1.54, 1.807) is 44.2 Å². The van der Waals surface area contributed by atoms with Crippen LogP contribution in [0.15, 0.2) is 47.4 Å². The average Bonchev–Trinajstić information content (AvgIpc) is 2.72. The zero-order valence-corrected chi connectivity index (χ0v) is 18.8. The second kappa shape index (κ2) is 10.5. The molecule has 1 N–H and O–H groups in total. The molecule has 0 unspecified atom stereocenters. The van der Waals surface area contributed by atoms with Gasteiger partial charge in [-0.3, -0.25) is 4.79 Å². The Morgan fingerprint density at radius 2 is 1.60 bits per heavy atom. The molecule has 6 nitrogen and oxygen atoms in total. The lowest BCUT2D eigenvalue weighted by atomic mass is 10.1. The maximum atomic E-state index is 13.9. The first-order valence-electron chi connectivity index (χ1n) is 10.2. The molecule has 0 saturated carbocycles. The average molecular weight is 436 g/mol. The molecular weight excluding hydrogens is 405 g/mol. The Labute approximate surface area is 178 Å². The molecule has 0 aliphatic heterocycles. The Hall–Kier alpha value is -2.45. The fourth-order valence-corrected chi connectivity index (χ4v) is 4.82. The molecule has 2 aromatic carbocycles. The van der Waals surface area contributed by atoms with Crippen LogP contribution in [-0.2, 0) is 21.2 Å². The largest absolute Gasteiger partial charge is 0.370 e. The number of amides is 1. The summed E-state index contributed by atoms with van der Waals surface area (Å²) in [6.07, 6.45) is -0.141. The Kier molecular flexibility index (Phi) is 8.37. The van der Waals surface area contributed by atoms with Crippen molar-refractivity contribution in [2.45, 2.75) is 39.0 Å². The van der Waals surface area contributed by atoms with Crippen LogP contribution in [0.2, 0.25) is 0 Å². The molecule has 2 rings (SSSR count). The van der Waals surface area contributed by atoms with Crippen molar-refractivity contribution < 1.29 is 17.6 Å². The first-order valence-corrected chi connectivity index (χ1v) is 11.6. The highest BCUT2D eigenvalue weighted by Crippen LogP contribution is 2.30. The van der Waals surface area contributed by atoms with Gasteiger partial charge in [0.1, 0.15) is 5.82 Å². The third kappa shape index (κ3) is 5.37. The number of nitrogens with one attached hydrogen (secondary N) is 1. The molecule has 0 aromatic heterocycles. The van der Waals surface area contributed by atoms with Gasteiger partial charge in [0.2, 0.25) is 15.9 Å². The molecule has 30 heavy (non-hydrogen) atoms. The van der Waals surface area contributed by atoms with Crippen LogP contribution in [0.25, 0.3) is 0 Å². The molecule has 0 radical (unpaired) electrons. The zero-order valence-electron chi connectivity index (χ0n) is 18.0. The molecule has 164 valence electrons. The third-order valence-electron chi connectivity index (χ3n) is 5.00. The molecule has 0 spiro atoms. The number of sulfonamides is 1.